The Kier molecular flexibility index (Phi) is 5.02. The molecule has 0 aliphatic heterocycles. The number of halogens is 4. The van der Waals surface area contributed by atoms with Crippen LogP contribution < -0.4 is 10.6 Å². The van der Waals surface area contributed by atoms with Gasteiger partial charge in [-0.05, 0) is 36.4 Å². The van der Waals surface area contributed by atoms with Gasteiger partial charge in [-0.15, -0.1) is 0 Å². The number of nitrogens with one attached hydrogen (secondary N) is 2. The highest BCUT2D eigenvalue weighted by molar-refractivity contribution is 6.03. The van der Waals surface area contributed by atoms with Crippen molar-refractivity contribution in [3.05, 3.63) is 77.9 Å². The van der Waals surface area contributed by atoms with E-state index in [1.54, 1.807) is 0 Å². The molecule has 2 aromatic carbocycles. The number of rotatable bonds is 4. The molecule has 0 unspecified atom stereocenters. The molecule has 0 atom stereocenters. The number of carbonyl (C=O) groups is 1. The zero-order chi connectivity index (χ0) is 19.4. The number of carbonyl (C=O) groups excluding carboxylic acids is 1. The standard InChI is InChI=1S/C18H12F4N4O/c19-13-4-2-6-15(8-13)25-16(27)11-9-23-17(24-10-11)26-14-5-1-3-12(7-14)18(20,21)22/h1-10H,(H,25,27)(H,23,24,26). The molecule has 1 aromatic heterocycles. The fourth-order valence-electron chi connectivity index (χ4n) is 2.18. The molecule has 1 heterocycles. The van der Waals surface area contributed by atoms with Gasteiger partial charge in [-0.2, -0.15) is 13.2 Å². The molecule has 3 aromatic rings. The second-order valence-corrected chi connectivity index (χ2v) is 5.46. The zero-order valence-corrected chi connectivity index (χ0v) is 13.6. The SMILES string of the molecule is O=C(Nc1cccc(F)c1)c1cnc(Nc2cccc(C(F)(F)F)c2)nc1. The van der Waals surface area contributed by atoms with E-state index >= 15 is 0 Å². The maximum atomic E-state index is 13.1. The Morgan fingerprint density at radius 3 is 2.26 bits per heavy atom. The van der Waals surface area contributed by atoms with Crippen LogP contribution in [0.2, 0.25) is 0 Å². The van der Waals surface area contributed by atoms with Crippen molar-refractivity contribution >= 4 is 23.2 Å². The molecule has 2 N–H and O–H groups in total. The van der Waals surface area contributed by atoms with Crippen LogP contribution in [0.1, 0.15) is 15.9 Å². The Morgan fingerprint density at radius 2 is 1.59 bits per heavy atom. The third-order valence-electron chi connectivity index (χ3n) is 3.44. The van der Waals surface area contributed by atoms with Crippen LogP contribution >= 0.6 is 0 Å². The Hall–Kier alpha value is -3.49. The smallest absolute Gasteiger partial charge is 0.324 e. The summed E-state index contributed by atoms with van der Waals surface area (Å²) in [6.07, 6.45) is -2.05. The normalized spacial score (nSPS) is 11.1. The lowest BCUT2D eigenvalue weighted by atomic mass is 10.2. The second kappa shape index (κ2) is 7.40. The predicted octanol–water partition coefficient (Wildman–Crippen LogP) is 4.63. The molecule has 27 heavy (non-hydrogen) atoms. The summed E-state index contributed by atoms with van der Waals surface area (Å²) in [6, 6.07) is 9.93. The quantitative estimate of drug-likeness (QED) is 0.652. The van der Waals surface area contributed by atoms with Gasteiger partial charge >= 0.3 is 6.18 Å². The molecule has 0 aliphatic carbocycles. The topological polar surface area (TPSA) is 66.9 Å². The third kappa shape index (κ3) is 4.78. The van der Waals surface area contributed by atoms with Crippen LogP contribution in [0, 0.1) is 5.82 Å². The Balaban J connectivity index is 1.69. The first-order valence-electron chi connectivity index (χ1n) is 7.64. The lowest BCUT2D eigenvalue weighted by Gasteiger charge is -2.10. The van der Waals surface area contributed by atoms with Crippen molar-refractivity contribution in [3.63, 3.8) is 0 Å². The summed E-state index contributed by atoms with van der Waals surface area (Å²) in [5.74, 6) is -1.02. The summed E-state index contributed by atoms with van der Waals surface area (Å²) in [7, 11) is 0. The van der Waals surface area contributed by atoms with E-state index in [2.05, 4.69) is 20.6 Å². The Morgan fingerprint density at radius 1 is 0.926 bits per heavy atom. The van der Waals surface area contributed by atoms with E-state index in [1.165, 1.54) is 42.7 Å². The molecule has 0 saturated heterocycles. The first kappa shape index (κ1) is 18.3. The van der Waals surface area contributed by atoms with Gasteiger partial charge in [0.2, 0.25) is 5.95 Å². The molecule has 5 nitrogen and oxygen atoms in total. The second-order valence-electron chi connectivity index (χ2n) is 5.46. The average molecular weight is 376 g/mol. The molecule has 9 heteroatoms. The van der Waals surface area contributed by atoms with Gasteiger partial charge in [0.25, 0.3) is 5.91 Å². The number of anilines is 3. The number of alkyl halides is 3. The van der Waals surface area contributed by atoms with Crippen LogP contribution in [0.25, 0.3) is 0 Å². The van der Waals surface area contributed by atoms with Crippen molar-refractivity contribution in [2.24, 2.45) is 0 Å². The van der Waals surface area contributed by atoms with Crippen LogP contribution in [0.15, 0.2) is 60.9 Å². The van der Waals surface area contributed by atoms with E-state index in [-0.39, 0.29) is 22.9 Å². The lowest BCUT2D eigenvalue weighted by Crippen LogP contribution is -2.13. The van der Waals surface area contributed by atoms with Gasteiger partial charge in [0, 0.05) is 23.8 Å². The monoisotopic (exact) mass is 376 g/mol. The fourth-order valence-corrected chi connectivity index (χ4v) is 2.18. The number of hydrogen-bond acceptors (Lipinski definition) is 4. The van der Waals surface area contributed by atoms with Gasteiger partial charge in [0.1, 0.15) is 5.82 Å². The summed E-state index contributed by atoms with van der Waals surface area (Å²) in [6.45, 7) is 0. The first-order valence-corrected chi connectivity index (χ1v) is 7.64. The highest BCUT2D eigenvalue weighted by Gasteiger charge is 2.30. The van der Waals surface area contributed by atoms with Crippen LogP contribution in [0.5, 0.6) is 0 Å². The van der Waals surface area contributed by atoms with Gasteiger partial charge in [0.05, 0.1) is 11.1 Å². The summed E-state index contributed by atoms with van der Waals surface area (Å²) in [4.78, 5) is 19.9. The maximum Gasteiger partial charge on any atom is 0.416 e. The summed E-state index contributed by atoms with van der Waals surface area (Å²) >= 11 is 0. The number of hydrogen-bond donors (Lipinski definition) is 2. The molecule has 0 aliphatic rings. The molecule has 0 spiro atoms. The van der Waals surface area contributed by atoms with Crippen molar-refractivity contribution in [1.29, 1.82) is 0 Å². The average Bonchev–Trinajstić information content (AvgIpc) is 2.62. The molecule has 0 radical (unpaired) electrons. The van der Waals surface area contributed by atoms with Gasteiger partial charge in [-0.25, -0.2) is 14.4 Å². The minimum absolute atomic E-state index is 0.0247. The molecule has 0 saturated carbocycles. The van der Waals surface area contributed by atoms with E-state index in [9.17, 15) is 22.4 Å². The van der Waals surface area contributed by atoms with Gasteiger partial charge < -0.3 is 10.6 Å². The summed E-state index contributed by atoms with van der Waals surface area (Å²) in [5.41, 5.74) is -0.277. The number of aromatic nitrogens is 2. The maximum absolute atomic E-state index is 13.1. The van der Waals surface area contributed by atoms with E-state index < -0.39 is 23.5 Å². The fraction of sp³-hybridized carbons (Fsp3) is 0.0556. The van der Waals surface area contributed by atoms with Crippen LogP contribution in [-0.2, 0) is 6.18 Å². The van der Waals surface area contributed by atoms with Crippen molar-refractivity contribution < 1.29 is 22.4 Å². The van der Waals surface area contributed by atoms with Crippen LogP contribution in [0.3, 0.4) is 0 Å². The predicted molar refractivity (Wildman–Crippen MR) is 91.1 cm³/mol. The summed E-state index contributed by atoms with van der Waals surface area (Å²) < 4.78 is 51.3. The molecular formula is C18H12F4N4O. The van der Waals surface area contributed by atoms with Crippen LogP contribution in [-0.4, -0.2) is 15.9 Å². The van der Waals surface area contributed by atoms with Crippen molar-refractivity contribution in [1.82, 2.24) is 9.97 Å². The van der Waals surface area contributed by atoms with Crippen molar-refractivity contribution in [2.45, 2.75) is 6.18 Å². The lowest BCUT2D eigenvalue weighted by molar-refractivity contribution is -0.137. The molecule has 0 bridgehead atoms. The molecule has 3 rings (SSSR count). The highest BCUT2D eigenvalue weighted by Crippen LogP contribution is 2.31. The zero-order valence-electron chi connectivity index (χ0n) is 13.6. The van der Waals surface area contributed by atoms with Gasteiger partial charge in [-0.3, -0.25) is 4.79 Å². The Labute approximate surface area is 151 Å². The largest absolute Gasteiger partial charge is 0.416 e. The number of nitrogens with zero attached hydrogens (tertiary/aromatic N) is 2. The molecular weight excluding hydrogens is 364 g/mol. The van der Waals surface area contributed by atoms with E-state index in [0.29, 0.717) is 0 Å². The van der Waals surface area contributed by atoms with Gasteiger partial charge in [-0.1, -0.05) is 12.1 Å². The first-order chi connectivity index (χ1) is 12.8. The third-order valence-corrected chi connectivity index (χ3v) is 3.44. The van der Waals surface area contributed by atoms with E-state index in [1.807, 2.05) is 0 Å². The van der Waals surface area contributed by atoms with Crippen molar-refractivity contribution in [3.8, 4) is 0 Å². The minimum Gasteiger partial charge on any atom is -0.324 e. The van der Waals surface area contributed by atoms with E-state index in [4.69, 9.17) is 0 Å². The molecule has 138 valence electrons. The molecule has 0 fully saturated rings. The number of benzene rings is 2. The Bertz CT molecular complexity index is 958. The summed E-state index contributed by atoms with van der Waals surface area (Å²) in [5, 5.41) is 5.12. The van der Waals surface area contributed by atoms with Crippen molar-refractivity contribution in [2.75, 3.05) is 10.6 Å². The molecule has 1 amide bonds. The van der Waals surface area contributed by atoms with Gasteiger partial charge in [0.15, 0.2) is 0 Å². The number of amides is 1. The van der Waals surface area contributed by atoms with E-state index in [0.717, 1.165) is 18.2 Å². The van der Waals surface area contributed by atoms with Crippen LogP contribution in [0.4, 0.5) is 34.9 Å². The minimum atomic E-state index is -4.46. The highest BCUT2D eigenvalue weighted by atomic mass is 19.4.